The predicted octanol–water partition coefficient (Wildman–Crippen LogP) is 0.690. The lowest BCUT2D eigenvalue weighted by molar-refractivity contribution is 0.610. The molecule has 76 valence electrons. The normalized spacial score (nSPS) is 10.2. The van der Waals surface area contributed by atoms with Gasteiger partial charge < -0.3 is 5.73 Å². The summed E-state index contributed by atoms with van der Waals surface area (Å²) in [6.07, 6.45) is 2.71. The Labute approximate surface area is 84.9 Å². The van der Waals surface area contributed by atoms with Crippen molar-refractivity contribution in [1.29, 1.82) is 5.41 Å². The lowest BCUT2D eigenvalue weighted by Gasteiger charge is -2.04. The molecule has 0 saturated carbocycles. The van der Waals surface area contributed by atoms with Gasteiger partial charge in [0.25, 0.3) is 0 Å². The van der Waals surface area contributed by atoms with Crippen molar-refractivity contribution in [3.8, 4) is 5.69 Å². The third-order valence-corrected chi connectivity index (χ3v) is 1.92. The van der Waals surface area contributed by atoms with E-state index in [1.807, 2.05) is 0 Å². The van der Waals surface area contributed by atoms with Gasteiger partial charge in [-0.25, -0.2) is 14.1 Å². The molecule has 1 aromatic heterocycles. The van der Waals surface area contributed by atoms with Gasteiger partial charge in [0.15, 0.2) is 0 Å². The number of amidine groups is 1. The van der Waals surface area contributed by atoms with Gasteiger partial charge in [0.1, 0.15) is 30.0 Å². The fourth-order valence-electron chi connectivity index (χ4n) is 1.19. The monoisotopic (exact) mass is 205 g/mol. The summed E-state index contributed by atoms with van der Waals surface area (Å²) in [6.45, 7) is 0. The van der Waals surface area contributed by atoms with Gasteiger partial charge in [-0.1, -0.05) is 0 Å². The number of nitrogens with one attached hydrogen (secondary N) is 1. The van der Waals surface area contributed by atoms with Gasteiger partial charge in [0, 0.05) is 5.56 Å². The molecule has 0 spiro atoms. The Kier molecular flexibility index (Phi) is 2.17. The Balaban J connectivity index is 2.48. The minimum Gasteiger partial charge on any atom is -0.384 e. The topological polar surface area (TPSA) is 80.6 Å². The zero-order valence-electron chi connectivity index (χ0n) is 7.68. The molecule has 0 radical (unpaired) electrons. The lowest BCUT2D eigenvalue weighted by atomic mass is 10.2. The smallest absolute Gasteiger partial charge is 0.149 e. The van der Waals surface area contributed by atoms with Crippen molar-refractivity contribution in [3.63, 3.8) is 0 Å². The summed E-state index contributed by atoms with van der Waals surface area (Å²) in [4.78, 5) is 3.72. The highest BCUT2D eigenvalue weighted by Gasteiger charge is 2.07. The maximum atomic E-state index is 13.5. The summed E-state index contributed by atoms with van der Waals surface area (Å²) in [6, 6.07) is 4.25. The second kappa shape index (κ2) is 3.49. The fourth-order valence-corrected chi connectivity index (χ4v) is 1.19. The van der Waals surface area contributed by atoms with Crippen molar-refractivity contribution < 1.29 is 4.39 Å². The van der Waals surface area contributed by atoms with Crippen LogP contribution in [0.1, 0.15) is 5.56 Å². The second-order valence-corrected chi connectivity index (χ2v) is 2.92. The van der Waals surface area contributed by atoms with Gasteiger partial charge in [-0.2, -0.15) is 5.10 Å². The number of benzene rings is 1. The summed E-state index contributed by atoms with van der Waals surface area (Å²) >= 11 is 0. The molecule has 0 aliphatic carbocycles. The zero-order chi connectivity index (χ0) is 10.8. The predicted molar refractivity (Wildman–Crippen MR) is 52.3 cm³/mol. The van der Waals surface area contributed by atoms with Gasteiger partial charge in [0.05, 0.1) is 0 Å². The fraction of sp³-hybridized carbons (Fsp3) is 0. The highest BCUT2D eigenvalue weighted by Crippen LogP contribution is 2.13. The molecule has 0 bridgehead atoms. The zero-order valence-corrected chi connectivity index (χ0v) is 7.68. The van der Waals surface area contributed by atoms with E-state index >= 15 is 0 Å². The van der Waals surface area contributed by atoms with Gasteiger partial charge in [0.2, 0.25) is 0 Å². The van der Waals surface area contributed by atoms with E-state index in [9.17, 15) is 4.39 Å². The molecular weight excluding hydrogens is 197 g/mol. The number of nitrogen functional groups attached to an aromatic ring is 1. The molecule has 0 fully saturated rings. The maximum Gasteiger partial charge on any atom is 0.149 e. The molecule has 0 amide bonds. The molecular formula is C9H8FN5. The van der Waals surface area contributed by atoms with Gasteiger partial charge in [-0.15, -0.1) is 0 Å². The van der Waals surface area contributed by atoms with E-state index < -0.39 is 5.82 Å². The van der Waals surface area contributed by atoms with Crippen LogP contribution in [0.25, 0.3) is 5.69 Å². The molecule has 1 heterocycles. The van der Waals surface area contributed by atoms with Crippen molar-refractivity contribution in [2.24, 2.45) is 5.73 Å². The molecule has 0 aliphatic heterocycles. The van der Waals surface area contributed by atoms with E-state index in [1.54, 1.807) is 6.07 Å². The Morgan fingerprint density at radius 1 is 1.47 bits per heavy atom. The van der Waals surface area contributed by atoms with Crippen molar-refractivity contribution in [2.75, 3.05) is 0 Å². The van der Waals surface area contributed by atoms with Crippen LogP contribution in [0.3, 0.4) is 0 Å². The number of aromatic nitrogens is 3. The first-order valence-corrected chi connectivity index (χ1v) is 4.17. The molecule has 0 atom stereocenters. The average Bonchev–Trinajstić information content (AvgIpc) is 2.70. The summed E-state index contributed by atoms with van der Waals surface area (Å²) in [5.41, 5.74) is 5.85. The highest BCUT2D eigenvalue weighted by atomic mass is 19.1. The molecule has 0 unspecified atom stereocenters. The Morgan fingerprint density at radius 2 is 2.27 bits per heavy atom. The molecule has 2 aromatic rings. The van der Waals surface area contributed by atoms with E-state index in [2.05, 4.69) is 10.1 Å². The number of rotatable bonds is 2. The van der Waals surface area contributed by atoms with Crippen LogP contribution < -0.4 is 5.73 Å². The number of hydrogen-bond acceptors (Lipinski definition) is 3. The van der Waals surface area contributed by atoms with Crippen molar-refractivity contribution >= 4 is 5.84 Å². The third kappa shape index (κ3) is 1.69. The number of nitrogens with zero attached hydrogens (tertiary/aromatic N) is 3. The summed E-state index contributed by atoms with van der Waals surface area (Å²) in [5.74, 6) is -0.660. The van der Waals surface area contributed by atoms with E-state index in [1.165, 1.54) is 29.5 Å². The van der Waals surface area contributed by atoms with Crippen LogP contribution in [0.15, 0.2) is 30.9 Å². The van der Waals surface area contributed by atoms with Gasteiger partial charge >= 0.3 is 0 Å². The number of nitrogens with two attached hydrogens (primary N) is 1. The Hall–Kier alpha value is -2.24. The van der Waals surface area contributed by atoms with Crippen LogP contribution in [0, 0.1) is 11.2 Å². The second-order valence-electron chi connectivity index (χ2n) is 2.92. The first-order chi connectivity index (χ1) is 7.18. The van der Waals surface area contributed by atoms with Crippen molar-refractivity contribution in [2.45, 2.75) is 0 Å². The highest BCUT2D eigenvalue weighted by molar-refractivity contribution is 5.95. The summed E-state index contributed by atoms with van der Waals surface area (Å²) in [7, 11) is 0. The minimum atomic E-state index is -0.492. The van der Waals surface area contributed by atoms with Crippen LogP contribution in [0.2, 0.25) is 0 Å². The Bertz CT molecular complexity index is 491. The van der Waals surface area contributed by atoms with Crippen LogP contribution >= 0.6 is 0 Å². The van der Waals surface area contributed by atoms with Crippen LogP contribution in [-0.4, -0.2) is 20.6 Å². The third-order valence-electron chi connectivity index (χ3n) is 1.92. The minimum absolute atomic E-state index is 0.168. The first kappa shape index (κ1) is 9.32. The van der Waals surface area contributed by atoms with E-state index in [0.717, 1.165) is 0 Å². The van der Waals surface area contributed by atoms with Gasteiger partial charge in [-0.05, 0) is 18.2 Å². The van der Waals surface area contributed by atoms with Crippen LogP contribution in [0.4, 0.5) is 4.39 Å². The summed E-state index contributed by atoms with van der Waals surface area (Å²) < 4.78 is 14.8. The molecule has 0 aliphatic rings. The quantitative estimate of drug-likeness (QED) is 0.559. The molecule has 3 N–H and O–H groups in total. The largest absolute Gasteiger partial charge is 0.384 e. The van der Waals surface area contributed by atoms with E-state index in [-0.39, 0.29) is 11.5 Å². The van der Waals surface area contributed by atoms with E-state index in [0.29, 0.717) is 5.56 Å². The standard InChI is InChI=1S/C9H8FN5/c10-7-3-6(9(11)12)1-2-8(7)15-5-13-4-14-15/h1-5H,(H3,11,12). The van der Waals surface area contributed by atoms with Crippen LogP contribution in [-0.2, 0) is 0 Å². The van der Waals surface area contributed by atoms with Crippen molar-refractivity contribution in [1.82, 2.24) is 14.8 Å². The number of hydrogen-bond donors (Lipinski definition) is 2. The molecule has 6 heteroatoms. The number of halogens is 1. The van der Waals surface area contributed by atoms with Gasteiger partial charge in [-0.3, -0.25) is 5.41 Å². The SMILES string of the molecule is N=C(N)c1ccc(-n2cncn2)c(F)c1. The lowest BCUT2D eigenvalue weighted by Crippen LogP contribution is -2.12. The molecule has 1 aromatic carbocycles. The molecule has 15 heavy (non-hydrogen) atoms. The molecule has 0 saturated heterocycles. The van der Waals surface area contributed by atoms with Crippen LogP contribution in [0.5, 0.6) is 0 Å². The average molecular weight is 205 g/mol. The molecule has 2 rings (SSSR count). The first-order valence-electron chi connectivity index (χ1n) is 4.17. The summed E-state index contributed by atoms with van der Waals surface area (Å²) in [5, 5.41) is 11.0. The van der Waals surface area contributed by atoms with Crippen molar-refractivity contribution in [3.05, 3.63) is 42.2 Å². The van der Waals surface area contributed by atoms with E-state index in [4.69, 9.17) is 11.1 Å². The molecule has 5 nitrogen and oxygen atoms in total. The maximum absolute atomic E-state index is 13.5. The Morgan fingerprint density at radius 3 is 2.80 bits per heavy atom.